The molecule has 1 fully saturated rings. The number of ether oxygens (including phenoxy) is 1. The van der Waals surface area contributed by atoms with Crippen LogP contribution >= 0.6 is 0 Å². The second-order valence-corrected chi connectivity index (χ2v) is 7.22. The summed E-state index contributed by atoms with van der Waals surface area (Å²) < 4.78 is 5.97. The number of carbonyl (C=O) groups is 2. The van der Waals surface area contributed by atoms with Crippen LogP contribution in [0.5, 0.6) is 0 Å². The van der Waals surface area contributed by atoms with Gasteiger partial charge in [0.1, 0.15) is 0 Å². The third-order valence-electron chi connectivity index (χ3n) is 4.25. The zero-order chi connectivity index (χ0) is 16.3. The topological polar surface area (TPSA) is 102 Å². The molecule has 4 N–H and O–H groups in total. The summed E-state index contributed by atoms with van der Waals surface area (Å²) in [5, 5.41) is 11.2. The van der Waals surface area contributed by atoms with Crippen molar-refractivity contribution in [1.29, 1.82) is 0 Å². The predicted molar refractivity (Wildman–Crippen MR) is 79.8 cm³/mol. The molecule has 0 radical (unpaired) electrons. The Hall–Kier alpha value is -1.14. The van der Waals surface area contributed by atoms with Gasteiger partial charge in [-0.3, -0.25) is 9.59 Å². The lowest BCUT2D eigenvalue weighted by molar-refractivity contribution is -0.139. The minimum absolute atomic E-state index is 0.132. The quantitative estimate of drug-likeness (QED) is 0.612. The van der Waals surface area contributed by atoms with Gasteiger partial charge in [0.2, 0.25) is 5.91 Å². The summed E-state index contributed by atoms with van der Waals surface area (Å²) in [4.78, 5) is 22.1. The van der Waals surface area contributed by atoms with Crippen molar-refractivity contribution < 1.29 is 19.4 Å². The number of carbonyl (C=O) groups excluding carboxylic acids is 1. The monoisotopic (exact) mass is 300 g/mol. The van der Waals surface area contributed by atoms with Crippen LogP contribution in [-0.2, 0) is 14.3 Å². The summed E-state index contributed by atoms with van der Waals surface area (Å²) >= 11 is 0. The number of amides is 1. The lowest BCUT2D eigenvalue weighted by atomic mass is 9.81. The Morgan fingerprint density at radius 3 is 2.29 bits per heavy atom. The summed E-state index contributed by atoms with van der Waals surface area (Å²) in [6, 6.07) is -1.01. The molecule has 0 heterocycles. The maximum absolute atomic E-state index is 11.6. The first-order valence-electron chi connectivity index (χ1n) is 7.43. The van der Waals surface area contributed by atoms with Crippen LogP contribution in [0.25, 0.3) is 0 Å². The lowest BCUT2D eigenvalue weighted by Crippen LogP contribution is -2.44. The van der Waals surface area contributed by atoms with Gasteiger partial charge in [-0.1, -0.05) is 27.7 Å². The van der Waals surface area contributed by atoms with Crippen LogP contribution in [0.1, 0.15) is 47.0 Å². The van der Waals surface area contributed by atoms with Crippen molar-refractivity contribution in [3.05, 3.63) is 0 Å². The zero-order valence-corrected chi connectivity index (χ0v) is 13.4. The summed E-state index contributed by atoms with van der Waals surface area (Å²) in [5.41, 5.74) is 5.74. The summed E-state index contributed by atoms with van der Waals surface area (Å²) in [6.07, 6.45) is 2.03. The summed E-state index contributed by atoms with van der Waals surface area (Å²) in [7, 11) is 0. The van der Waals surface area contributed by atoms with Crippen molar-refractivity contribution in [2.75, 3.05) is 13.2 Å². The van der Waals surface area contributed by atoms with Crippen LogP contribution < -0.4 is 11.1 Å². The number of aliphatic carboxylic acids is 1. The number of nitrogens with two attached hydrogens (primary N) is 1. The third-order valence-corrected chi connectivity index (χ3v) is 4.25. The number of nitrogens with one attached hydrogen (secondary N) is 1. The Bertz CT molecular complexity index is 377. The van der Waals surface area contributed by atoms with Crippen molar-refractivity contribution in [2.45, 2.75) is 59.1 Å². The molecule has 0 aromatic heterocycles. The molecule has 0 unspecified atom stereocenters. The van der Waals surface area contributed by atoms with Crippen LogP contribution in [0.4, 0.5) is 0 Å². The summed E-state index contributed by atoms with van der Waals surface area (Å²) in [5.74, 6) is -1.53. The van der Waals surface area contributed by atoms with Crippen molar-refractivity contribution in [3.8, 4) is 0 Å². The predicted octanol–water partition coefficient (Wildman–Crippen LogP) is 1.14. The Kier molecular flexibility index (Phi) is 5.75. The van der Waals surface area contributed by atoms with E-state index in [1.54, 1.807) is 0 Å². The van der Waals surface area contributed by atoms with E-state index in [-0.39, 0.29) is 23.4 Å². The highest BCUT2D eigenvalue weighted by Gasteiger charge is 2.47. The normalized spacial score (nSPS) is 22.0. The lowest BCUT2D eigenvalue weighted by Gasteiger charge is -2.35. The number of rotatable bonds is 7. The molecule has 21 heavy (non-hydrogen) atoms. The van der Waals surface area contributed by atoms with E-state index in [2.05, 4.69) is 33.0 Å². The summed E-state index contributed by atoms with van der Waals surface area (Å²) in [6.45, 7) is 9.56. The van der Waals surface area contributed by atoms with Gasteiger partial charge in [0, 0.05) is 6.54 Å². The van der Waals surface area contributed by atoms with E-state index in [0.29, 0.717) is 13.2 Å². The van der Waals surface area contributed by atoms with Crippen molar-refractivity contribution >= 4 is 11.9 Å². The maximum Gasteiger partial charge on any atom is 0.305 e. The molecule has 0 aliphatic heterocycles. The Balaban J connectivity index is 2.34. The highest BCUT2D eigenvalue weighted by atomic mass is 16.5. The molecule has 0 spiro atoms. The molecular formula is C15H28N2O4. The molecular weight excluding hydrogens is 272 g/mol. The van der Waals surface area contributed by atoms with Crippen LogP contribution in [0.2, 0.25) is 0 Å². The van der Waals surface area contributed by atoms with Gasteiger partial charge in [0.05, 0.1) is 25.2 Å². The number of hydrogen-bond donors (Lipinski definition) is 3. The number of carboxylic acids is 1. The third kappa shape index (κ3) is 4.97. The van der Waals surface area contributed by atoms with Gasteiger partial charge in [0.25, 0.3) is 0 Å². The van der Waals surface area contributed by atoms with Crippen LogP contribution in [0.3, 0.4) is 0 Å². The minimum Gasteiger partial charge on any atom is -0.481 e. The van der Waals surface area contributed by atoms with Crippen LogP contribution in [0, 0.1) is 10.8 Å². The van der Waals surface area contributed by atoms with E-state index in [1.165, 1.54) is 0 Å². The van der Waals surface area contributed by atoms with E-state index in [9.17, 15) is 9.59 Å². The highest BCUT2D eigenvalue weighted by molar-refractivity contribution is 5.85. The first-order valence-corrected chi connectivity index (χ1v) is 7.43. The number of carboxylic acid groups (broad SMARTS) is 1. The zero-order valence-electron chi connectivity index (χ0n) is 13.4. The average molecular weight is 300 g/mol. The van der Waals surface area contributed by atoms with E-state index in [4.69, 9.17) is 15.6 Å². The smallest absolute Gasteiger partial charge is 0.305 e. The second-order valence-electron chi connectivity index (χ2n) is 7.22. The van der Waals surface area contributed by atoms with Crippen molar-refractivity contribution in [2.24, 2.45) is 16.6 Å². The molecule has 1 aliphatic rings. The first-order chi connectivity index (χ1) is 9.56. The molecule has 1 saturated carbocycles. The molecule has 1 amide bonds. The van der Waals surface area contributed by atoms with Gasteiger partial charge in [-0.05, 0) is 23.7 Å². The van der Waals surface area contributed by atoms with Crippen LogP contribution in [-0.4, -0.2) is 42.3 Å². The van der Waals surface area contributed by atoms with E-state index in [0.717, 1.165) is 12.8 Å². The fraction of sp³-hybridized carbons (Fsp3) is 0.867. The Morgan fingerprint density at radius 2 is 1.81 bits per heavy atom. The average Bonchev–Trinajstić information content (AvgIpc) is 2.54. The standard InChI is InChI=1S/C15H28N2O4/c1-14(2)5-6-15(3,4)13(14)21-8-7-17-12(20)10(16)9-11(18)19/h10,13H,5-9,16H2,1-4H3,(H,17,20)(H,18,19)/t10-/m0/s1. The molecule has 1 aliphatic carbocycles. The fourth-order valence-electron chi connectivity index (χ4n) is 3.18. The first kappa shape index (κ1) is 17.9. The molecule has 0 bridgehead atoms. The van der Waals surface area contributed by atoms with Gasteiger partial charge >= 0.3 is 5.97 Å². The molecule has 1 rings (SSSR count). The number of hydrogen-bond acceptors (Lipinski definition) is 4. The fourth-order valence-corrected chi connectivity index (χ4v) is 3.18. The van der Waals surface area contributed by atoms with E-state index >= 15 is 0 Å². The second kappa shape index (κ2) is 6.75. The minimum atomic E-state index is -1.08. The van der Waals surface area contributed by atoms with Gasteiger partial charge in [-0.2, -0.15) is 0 Å². The van der Waals surface area contributed by atoms with Gasteiger partial charge in [-0.25, -0.2) is 0 Å². The van der Waals surface area contributed by atoms with Gasteiger partial charge in [0.15, 0.2) is 0 Å². The largest absolute Gasteiger partial charge is 0.481 e. The van der Waals surface area contributed by atoms with Gasteiger partial charge in [-0.15, -0.1) is 0 Å². The van der Waals surface area contributed by atoms with Crippen LogP contribution in [0.15, 0.2) is 0 Å². The molecule has 0 aromatic carbocycles. The molecule has 0 saturated heterocycles. The molecule has 1 atom stereocenters. The Labute approximate surface area is 126 Å². The van der Waals surface area contributed by atoms with E-state index in [1.807, 2.05) is 0 Å². The maximum atomic E-state index is 11.6. The molecule has 122 valence electrons. The SMILES string of the molecule is CC1(C)CCC(C)(C)C1OCCNC(=O)[C@@H](N)CC(=O)O. The molecule has 6 heteroatoms. The highest BCUT2D eigenvalue weighted by Crippen LogP contribution is 2.50. The van der Waals surface area contributed by atoms with Crippen molar-refractivity contribution in [1.82, 2.24) is 5.32 Å². The van der Waals surface area contributed by atoms with Gasteiger partial charge < -0.3 is 20.9 Å². The van der Waals surface area contributed by atoms with E-state index < -0.39 is 17.9 Å². The molecule has 6 nitrogen and oxygen atoms in total. The Morgan fingerprint density at radius 1 is 1.29 bits per heavy atom. The molecule has 0 aromatic rings. The van der Waals surface area contributed by atoms with Crippen molar-refractivity contribution in [3.63, 3.8) is 0 Å².